The predicted octanol–water partition coefficient (Wildman–Crippen LogP) is 12.7. The van der Waals surface area contributed by atoms with Crippen LogP contribution < -0.4 is 0 Å². The van der Waals surface area contributed by atoms with Crippen LogP contribution in [-0.4, -0.2) is 9.55 Å². The zero-order valence-electron chi connectivity index (χ0n) is 26.0. The number of para-hydroxylation sites is 3. The third kappa shape index (κ3) is 4.22. The average Bonchev–Trinajstić information content (AvgIpc) is 3.74. The molecule has 10 rings (SSSR count). The van der Waals surface area contributed by atoms with E-state index in [1.165, 1.54) is 69.6 Å². The highest BCUT2D eigenvalue weighted by atomic mass is 32.1. The molecule has 0 aliphatic rings. The third-order valence-electron chi connectivity index (χ3n) is 9.60. The summed E-state index contributed by atoms with van der Waals surface area (Å²) in [6.07, 6.45) is 0. The van der Waals surface area contributed by atoms with Gasteiger partial charge in [0.25, 0.3) is 0 Å². The van der Waals surface area contributed by atoms with Gasteiger partial charge in [-0.3, -0.25) is 0 Å². The van der Waals surface area contributed by atoms with Crippen molar-refractivity contribution < 1.29 is 0 Å². The summed E-state index contributed by atoms with van der Waals surface area (Å²) in [6.45, 7) is 0. The quantitative estimate of drug-likeness (QED) is 0.177. The fraction of sp³-hybridized carbons (Fsp3) is 0. The Bertz CT molecular complexity index is 2810. The van der Waals surface area contributed by atoms with Gasteiger partial charge < -0.3 is 4.57 Å². The maximum absolute atomic E-state index is 5.24. The number of fused-ring (bicyclic) bond motifs is 8. The first-order chi connectivity index (χ1) is 23.8. The molecule has 3 heteroatoms. The summed E-state index contributed by atoms with van der Waals surface area (Å²) in [4.78, 5) is 5.24. The lowest BCUT2D eigenvalue weighted by Crippen LogP contribution is -1.96. The van der Waals surface area contributed by atoms with E-state index in [1.807, 2.05) is 11.3 Å². The molecule has 0 saturated heterocycles. The standard InChI is InChI=1S/C45H28N2S/c1-2-11-34(12-3-1)47-39-16-8-4-10-33(39)28-40(47)31-22-18-29(19-23-31)30-20-24-32(25-21-30)45-37-26-27-42-44(36-14-6-9-17-41(36)48-42)43(37)35-13-5-7-15-38(35)46-45/h1-28H. The van der Waals surface area contributed by atoms with Crippen molar-refractivity contribution in [3.8, 4) is 39.3 Å². The van der Waals surface area contributed by atoms with Crippen LogP contribution in [0.4, 0.5) is 0 Å². The van der Waals surface area contributed by atoms with E-state index in [9.17, 15) is 0 Å². The summed E-state index contributed by atoms with van der Waals surface area (Å²) in [6, 6.07) is 61.2. The van der Waals surface area contributed by atoms with E-state index in [2.05, 4.69) is 174 Å². The number of pyridine rings is 1. The first kappa shape index (κ1) is 27.1. The number of nitrogens with zero attached hydrogens (tertiary/aromatic N) is 2. The molecule has 0 unspecified atom stereocenters. The molecule has 0 aliphatic carbocycles. The van der Waals surface area contributed by atoms with Crippen LogP contribution in [-0.2, 0) is 0 Å². The van der Waals surface area contributed by atoms with E-state index in [-0.39, 0.29) is 0 Å². The van der Waals surface area contributed by atoms with Crippen LogP contribution in [0.25, 0.3) is 92.1 Å². The molecular weight excluding hydrogens is 601 g/mol. The maximum atomic E-state index is 5.24. The molecule has 48 heavy (non-hydrogen) atoms. The van der Waals surface area contributed by atoms with Gasteiger partial charge in [-0.2, -0.15) is 0 Å². The van der Waals surface area contributed by atoms with E-state index in [0.29, 0.717) is 0 Å². The van der Waals surface area contributed by atoms with E-state index in [4.69, 9.17) is 4.98 Å². The second-order valence-electron chi connectivity index (χ2n) is 12.4. The molecule has 0 fully saturated rings. The molecule has 0 atom stereocenters. The Balaban J connectivity index is 1.06. The molecule has 7 aromatic carbocycles. The number of hydrogen-bond acceptors (Lipinski definition) is 2. The second-order valence-corrected chi connectivity index (χ2v) is 13.4. The lowest BCUT2D eigenvalue weighted by molar-refractivity contribution is 1.13. The van der Waals surface area contributed by atoms with E-state index < -0.39 is 0 Å². The first-order valence-corrected chi connectivity index (χ1v) is 17.1. The Morgan fingerprint density at radius 1 is 0.438 bits per heavy atom. The largest absolute Gasteiger partial charge is 0.309 e. The minimum Gasteiger partial charge on any atom is -0.309 e. The minimum absolute atomic E-state index is 1.02. The van der Waals surface area contributed by atoms with Crippen molar-refractivity contribution in [3.63, 3.8) is 0 Å². The lowest BCUT2D eigenvalue weighted by atomic mass is 9.95. The molecule has 2 nitrogen and oxygen atoms in total. The Kier molecular flexibility index (Phi) is 6.08. The van der Waals surface area contributed by atoms with Crippen LogP contribution in [0.2, 0.25) is 0 Å². The molecule has 10 aromatic rings. The van der Waals surface area contributed by atoms with Crippen molar-refractivity contribution in [1.82, 2.24) is 9.55 Å². The number of thiophene rings is 1. The summed E-state index contributed by atoms with van der Waals surface area (Å²) in [7, 11) is 0. The van der Waals surface area contributed by atoms with Gasteiger partial charge in [-0.25, -0.2) is 4.98 Å². The number of benzene rings is 7. The fourth-order valence-corrected chi connectivity index (χ4v) is 8.47. The van der Waals surface area contributed by atoms with Crippen LogP contribution in [0.5, 0.6) is 0 Å². The van der Waals surface area contributed by atoms with Crippen molar-refractivity contribution >= 4 is 64.1 Å². The van der Waals surface area contributed by atoms with Gasteiger partial charge in [0.05, 0.1) is 22.4 Å². The van der Waals surface area contributed by atoms with Gasteiger partial charge in [0.15, 0.2) is 0 Å². The van der Waals surface area contributed by atoms with Gasteiger partial charge in [0.2, 0.25) is 0 Å². The summed E-state index contributed by atoms with van der Waals surface area (Å²) >= 11 is 1.86. The Morgan fingerprint density at radius 3 is 1.90 bits per heavy atom. The highest BCUT2D eigenvalue weighted by Crippen LogP contribution is 2.43. The molecular formula is C45H28N2S. The van der Waals surface area contributed by atoms with Crippen molar-refractivity contribution in [2.24, 2.45) is 0 Å². The Hall–Kier alpha value is -6.03. The van der Waals surface area contributed by atoms with E-state index in [1.54, 1.807) is 0 Å². The van der Waals surface area contributed by atoms with Gasteiger partial charge >= 0.3 is 0 Å². The second kappa shape index (κ2) is 10.8. The molecule has 0 bridgehead atoms. The van der Waals surface area contributed by atoms with Crippen molar-refractivity contribution in [2.45, 2.75) is 0 Å². The maximum Gasteiger partial charge on any atom is 0.0788 e. The van der Waals surface area contributed by atoms with Crippen LogP contribution >= 0.6 is 11.3 Å². The van der Waals surface area contributed by atoms with Crippen LogP contribution in [0, 0.1) is 0 Å². The first-order valence-electron chi connectivity index (χ1n) is 16.3. The molecule has 0 N–H and O–H groups in total. The summed E-state index contributed by atoms with van der Waals surface area (Å²) in [5.41, 5.74) is 10.3. The molecule has 0 spiro atoms. The zero-order chi connectivity index (χ0) is 31.6. The molecule has 224 valence electrons. The average molecular weight is 629 g/mol. The van der Waals surface area contributed by atoms with E-state index in [0.717, 1.165) is 22.5 Å². The summed E-state index contributed by atoms with van der Waals surface area (Å²) < 4.78 is 4.99. The van der Waals surface area contributed by atoms with Gasteiger partial charge in [0.1, 0.15) is 0 Å². The molecule has 0 saturated carbocycles. The fourth-order valence-electron chi connectivity index (χ4n) is 7.35. The third-order valence-corrected chi connectivity index (χ3v) is 10.7. The molecule has 3 heterocycles. The van der Waals surface area contributed by atoms with Gasteiger partial charge in [-0.1, -0.05) is 127 Å². The summed E-state index contributed by atoms with van der Waals surface area (Å²) in [5, 5.41) is 7.56. The van der Waals surface area contributed by atoms with Crippen molar-refractivity contribution in [1.29, 1.82) is 0 Å². The highest BCUT2D eigenvalue weighted by molar-refractivity contribution is 7.26. The topological polar surface area (TPSA) is 17.8 Å². The van der Waals surface area contributed by atoms with Crippen LogP contribution in [0.1, 0.15) is 0 Å². The Morgan fingerprint density at radius 2 is 1.08 bits per heavy atom. The van der Waals surface area contributed by atoms with Crippen molar-refractivity contribution in [3.05, 3.63) is 170 Å². The molecule has 0 aliphatic heterocycles. The van der Waals surface area contributed by atoms with Gasteiger partial charge in [-0.15, -0.1) is 11.3 Å². The predicted molar refractivity (Wildman–Crippen MR) is 205 cm³/mol. The van der Waals surface area contributed by atoms with E-state index >= 15 is 0 Å². The monoisotopic (exact) mass is 628 g/mol. The van der Waals surface area contributed by atoms with Crippen LogP contribution in [0.3, 0.4) is 0 Å². The van der Waals surface area contributed by atoms with Crippen LogP contribution in [0.15, 0.2) is 170 Å². The normalized spacial score (nSPS) is 11.8. The lowest BCUT2D eigenvalue weighted by Gasteiger charge is -2.13. The number of hydrogen-bond donors (Lipinski definition) is 0. The highest BCUT2D eigenvalue weighted by Gasteiger charge is 2.17. The van der Waals surface area contributed by atoms with Crippen molar-refractivity contribution in [2.75, 3.05) is 0 Å². The molecule has 0 radical (unpaired) electrons. The number of aromatic nitrogens is 2. The number of rotatable bonds is 4. The van der Waals surface area contributed by atoms with Gasteiger partial charge in [-0.05, 0) is 59.2 Å². The Labute approximate surface area is 281 Å². The molecule has 3 aromatic heterocycles. The zero-order valence-corrected chi connectivity index (χ0v) is 26.8. The minimum atomic E-state index is 1.02. The molecule has 0 amide bonds. The smallest absolute Gasteiger partial charge is 0.0788 e. The van der Waals surface area contributed by atoms with Gasteiger partial charge in [0, 0.05) is 53.0 Å². The SMILES string of the molecule is c1ccc(-n2c(-c3ccc(-c4ccc(-c5nc6ccccc6c6c5ccc5sc7ccccc7c56)cc4)cc3)cc3ccccc32)cc1. The summed E-state index contributed by atoms with van der Waals surface area (Å²) in [5.74, 6) is 0.